The minimum Gasteiger partial charge on any atom is -0.355 e. The third kappa shape index (κ3) is 2.99. The molecular weight excluding hydrogens is 324 g/mol. The summed E-state index contributed by atoms with van der Waals surface area (Å²) in [5.74, 6) is 0.872. The number of hydrogen-bond donors (Lipinski definition) is 2. The Morgan fingerprint density at radius 2 is 1.92 bits per heavy atom. The molecule has 0 saturated heterocycles. The number of nitrogens with two attached hydrogens (primary N) is 1. The molecule has 134 valence electrons. The average molecular weight is 348 g/mol. The average Bonchev–Trinajstić information content (AvgIpc) is 3.07. The monoisotopic (exact) mass is 348 g/mol. The molecule has 2 atom stereocenters. The van der Waals surface area contributed by atoms with E-state index in [1.54, 1.807) is 7.05 Å². The minimum atomic E-state index is -0.0803. The van der Waals surface area contributed by atoms with Gasteiger partial charge < -0.3 is 15.6 Å². The van der Waals surface area contributed by atoms with E-state index in [4.69, 9.17) is 10.7 Å². The van der Waals surface area contributed by atoms with E-state index in [0.717, 1.165) is 48.1 Å². The number of carbonyl (C=O) groups excluding carboxylic acids is 1. The number of amides is 1. The second-order valence-electron chi connectivity index (χ2n) is 7.03. The fourth-order valence-electron chi connectivity index (χ4n) is 3.97. The minimum absolute atomic E-state index is 0.0803. The molecule has 1 aliphatic rings. The Morgan fingerprint density at radius 3 is 2.65 bits per heavy atom. The lowest BCUT2D eigenvalue weighted by atomic mass is 9.91. The molecule has 0 radical (unpaired) electrons. The zero-order chi connectivity index (χ0) is 18.1. The highest BCUT2D eigenvalue weighted by molar-refractivity contribution is 5.94. The third-order valence-corrected chi connectivity index (χ3v) is 5.28. The number of para-hydroxylation sites is 2. The number of aromatic nitrogens is 2. The molecule has 5 heteroatoms. The summed E-state index contributed by atoms with van der Waals surface area (Å²) in [5.41, 5.74) is 10.1. The van der Waals surface area contributed by atoms with Crippen molar-refractivity contribution in [3.63, 3.8) is 0 Å². The van der Waals surface area contributed by atoms with Crippen molar-refractivity contribution >= 4 is 16.9 Å². The van der Waals surface area contributed by atoms with E-state index in [1.165, 1.54) is 0 Å². The number of fused-ring (bicyclic) bond motifs is 1. The molecule has 3 N–H and O–H groups in total. The summed E-state index contributed by atoms with van der Waals surface area (Å²) in [5, 5.41) is 2.66. The van der Waals surface area contributed by atoms with Crippen LogP contribution in [0.1, 0.15) is 42.1 Å². The lowest BCUT2D eigenvalue weighted by molar-refractivity contribution is 0.0963. The van der Waals surface area contributed by atoms with Gasteiger partial charge >= 0.3 is 0 Å². The Labute approximate surface area is 153 Å². The van der Waals surface area contributed by atoms with Gasteiger partial charge in [0.1, 0.15) is 5.82 Å². The van der Waals surface area contributed by atoms with Crippen LogP contribution in [0.15, 0.2) is 48.5 Å². The van der Waals surface area contributed by atoms with Crippen molar-refractivity contribution in [1.29, 1.82) is 0 Å². The first-order chi connectivity index (χ1) is 12.7. The molecule has 2 unspecified atom stereocenters. The first-order valence-electron chi connectivity index (χ1n) is 9.22. The van der Waals surface area contributed by atoms with Gasteiger partial charge in [0, 0.05) is 30.3 Å². The summed E-state index contributed by atoms with van der Waals surface area (Å²) < 4.78 is 2.35. The molecule has 1 aromatic heterocycles. The van der Waals surface area contributed by atoms with Crippen molar-refractivity contribution in [3.05, 3.63) is 54.1 Å². The Kier molecular flexibility index (Phi) is 4.47. The molecule has 0 aliphatic heterocycles. The topological polar surface area (TPSA) is 72.9 Å². The molecule has 1 saturated carbocycles. The molecule has 1 heterocycles. The summed E-state index contributed by atoms with van der Waals surface area (Å²) in [6.45, 7) is 0. The number of benzene rings is 2. The van der Waals surface area contributed by atoms with E-state index in [2.05, 4.69) is 28.1 Å². The van der Waals surface area contributed by atoms with E-state index in [9.17, 15) is 4.79 Å². The van der Waals surface area contributed by atoms with E-state index in [0.29, 0.717) is 11.6 Å². The van der Waals surface area contributed by atoms with Crippen molar-refractivity contribution in [2.75, 3.05) is 7.05 Å². The van der Waals surface area contributed by atoms with Crippen LogP contribution in [0, 0.1) is 0 Å². The van der Waals surface area contributed by atoms with Gasteiger partial charge in [-0.2, -0.15) is 0 Å². The van der Waals surface area contributed by atoms with Gasteiger partial charge in [-0.05, 0) is 49.9 Å². The SMILES string of the molecule is CNC(=O)c1ccc(-c2nc3ccccc3n2C2CCCC(N)C2)cc1. The summed E-state index contributed by atoms with van der Waals surface area (Å²) in [7, 11) is 1.64. The van der Waals surface area contributed by atoms with Gasteiger partial charge in [-0.25, -0.2) is 4.98 Å². The molecular formula is C21H24N4O. The van der Waals surface area contributed by atoms with Crippen molar-refractivity contribution in [1.82, 2.24) is 14.9 Å². The lowest BCUT2D eigenvalue weighted by Crippen LogP contribution is -2.29. The maximum Gasteiger partial charge on any atom is 0.251 e. The highest BCUT2D eigenvalue weighted by atomic mass is 16.1. The quantitative estimate of drug-likeness (QED) is 0.761. The summed E-state index contributed by atoms with van der Waals surface area (Å²) in [6, 6.07) is 16.5. The van der Waals surface area contributed by atoms with E-state index in [-0.39, 0.29) is 11.9 Å². The van der Waals surface area contributed by atoms with Gasteiger partial charge in [0.05, 0.1) is 11.0 Å². The van der Waals surface area contributed by atoms with Gasteiger partial charge in [-0.1, -0.05) is 24.3 Å². The smallest absolute Gasteiger partial charge is 0.251 e. The molecule has 3 aromatic rings. The summed E-state index contributed by atoms with van der Waals surface area (Å²) >= 11 is 0. The normalized spacial score (nSPS) is 20.2. The predicted octanol–water partition coefficient (Wildman–Crippen LogP) is 3.51. The van der Waals surface area contributed by atoms with Crippen LogP contribution < -0.4 is 11.1 Å². The maximum absolute atomic E-state index is 11.8. The van der Waals surface area contributed by atoms with Crippen molar-refractivity contribution in [2.45, 2.75) is 37.8 Å². The van der Waals surface area contributed by atoms with Crippen molar-refractivity contribution in [2.24, 2.45) is 5.73 Å². The first-order valence-corrected chi connectivity index (χ1v) is 9.22. The van der Waals surface area contributed by atoms with Crippen LogP contribution in [0.25, 0.3) is 22.4 Å². The van der Waals surface area contributed by atoms with Gasteiger partial charge in [-0.3, -0.25) is 4.79 Å². The summed E-state index contributed by atoms with van der Waals surface area (Å²) in [6.07, 6.45) is 4.34. The van der Waals surface area contributed by atoms with Crippen LogP contribution in [0.5, 0.6) is 0 Å². The van der Waals surface area contributed by atoms with Crippen LogP contribution in [0.3, 0.4) is 0 Å². The Morgan fingerprint density at radius 1 is 1.15 bits per heavy atom. The number of nitrogens with zero attached hydrogens (tertiary/aromatic N) is 2. The van der Waals surface area contributed by atoms with Crippen molar-refractivity contribution in [3.8, 4) is 11.4 Å². The van der Waals surface area contributed by atoms with Gasteiger partial charge in [-0.15, -0.1) is 0 Å². The predicted molar refractivity (Wildman–Crippen MR) is 104 cm³/mol. The molecule has 2 aromatic carbocycles. The zero-order valence-electron chi connectivity index (χ0n) is 15.0. The summed E-state index contributed by atoms with van der Waals surface area (Å²) in [4.78, 5) is 16.7. The van der Waals surface area contributed by atoms with Gasteiger partial charge in [0.2, 0.25) is 0 Å². The fraction of sp³-hybridized carbons (Fsp3) is 0.333. The standard InChI is InChI=1S/C21H24N4O/c1-23-21(26)15-11-9-14(10-12-15)20-24-18-7-2-3-8-19(18)25(20)17-6-4-5-16(22)13-17/h2-3,7-12,16-17H,4-6,13,22H2,1H3,(H,23,26). The molecule has 0 bridgehead atoms. The molecule has 26 heavy (non-hydrogen) atoms. The number of imidazole rings is 1. The first kappa shape index (κ1) is 16.8. The van der Waals surface area contributed by atoms with E-state index < -0.39 is 0 Å². The number of nitrogens with one attached hydrogen (secondary N) is 1. The van der Waals surface area contributed by atoms with Crippen LogP contribution >= 0.6 is 0 Å². The lowest BCUT2D eigenvalue weighted by Gasteiger charge is -2.29. The van der Waals surface area contributed by atoms with Crippen LogP contribution in [-0.4, -0.2) is 28.5 Å². The maximum atomic E-state index is 11.8. The molecule has 5 nitrogen and oxygen atoms in total. The Bertz CT molecular complexity index is 929. The number of rotatable bonds is 3. The highest BCUT2D eigenvalue weighted by Gasteiger charge is 2.25. The van der Waals surface area contributed by atoms with Crippen LogP contribution in [-0.2, 0) is 0 Å². The third-order valence-electron chi connectivity index (χ3n) is 5.28. The molecule has 1 aliphatic carbocycles. The largest absolute Gasteiger partial charge is 0.355 e. The fourth-order valence-corrected chi connectivity index (χ4v) is 3.97. The van der Waals surface area contributed by atoms with Crippen molar-refractivity contribution < 1.29 is 4.79 Å². The highest BCUT2D eigenvalue weighted by Crippen LogP contribution is 2.35. The second kappa shape index (κ2) is 6.92. The van der Waals surface area contributed by atoms with Gasteiger partial charge in [0.25, 0.3) is 5.91 Å². The molecule has 1 fully saturated rings. The molecule has 1 amide bonds. The Balaban J connectivity index is 1.81. The van der Waals surface area contributed by atoms with E-state index >= 15 is 0 Å². The van der Waals surface area contributed by atoms with Crippen LogP contribution in [0.4, 0.5) is 0 Å². The number of hydrogen-bond acceptors (Lipinski definition) is 3. The second-order valence-corrected chi connectivity index (χ2v) is 7.03. The zero-order valence-corrected chi connectivity index (χ0v) is 15.0. The molecule has 4 rings (SSSR count). The molecule has 0 spiro atoms. The van der Waals surface area contributed by atoms with Crippen LogP contribution in [0.2, 0.25) is 0 Å². The van der Waals surface area contributed by atoms with Gasteiger partial charge in [0.15, 0.2) is 0 Å². The Hall–Kier alpha value is -2.66. The number of carbonyl (C=O) groups is 1. The van der Waals surface area contributed by atoms with E-state index in [1.807, 2.05) is 30.3 Å².